The molecule has 1 heterocycles. The number of rotatable bonds is 7. The first-order chi connectivity index (χ1) is 14.4. The molecule has 0 radical (unpaired) electrons. The molecule has 158 valence electrons. The van der Waals surface area contributed by atoms with Gasteiger partial charge in [0.2, 0.25) is 5.91 Å². The molecule has 30 heavy (non-hydrogen) atoms. The molecule has 0 aliphatic carbocycles. The topological polar surface area (TPSA) is 90.5 Å². The summed E-state index contributed by atoms with van der Waals surface area (Å²) in [6.45, 7) is 1.90. The van der Waals surface area contributed by atoms with Gasteiger partial charge in [0, 0.05) is 43.9 Å². The summed E-state index contributed by atoms with van der Waals surface area (Å²) in [6, 6.07) is 11.6. The Balaban J connectivity index is 1.37. The SMILES string of the molecule is O=C(NCCNC(=O)c1ccc(Cl)c(Cl)c1)Nc1ccc(CN2CCCC2=O)cc1. The fourth-order valence-electron chi connectivity index (χ4n) is 3.05. The molecular formula is C21H22Cl2N4O3. The molecule has 9 heteroatoms. The number of halogens is 2. The number of urea groups is 1. The van der Waals surface area contributed by atoms with Gasteiger partial charge in [0.1, 0.15) is 0 Å². The van der Waals surface area contributed by atoms with Crippen molar-refractivity contribution in [3.63, 3.8) is 0 Å². The maximum Gasteiger partial charge on any atom is 0.319 e. The van der Waals surface area contributed by atoms with E-state index in [4.69, 9.17) is 23.2 Å². The van der Waals surface area contributed by atoms with E-state index in [1.165, 1.54) is 6.07 Å². The van der Waals surface area contributed by atoms with Crippen molar-refractivity contribution in [2.45, 2.75) is 19.4 Å². The number of nitrogens with one attached hydrogen (secondary N) is 3. The molecule has 2 aromatic rings. The third kappa shape index (κ3) is 6.11. The molecule has 0 spiro atoms. The molecule has 3 N–H and O–H groups in total. The van der Waals surface area contributed by atoms with Gasteiger partial charge in [-0.05, 0) is 42.3 Å². The second-order valence-electron chi connectivity index (χ2n) is 6.88. The Morgan fingerprint density at radius 2 is 1.70 bits per heavy atom. The van der Waals surface area contributed by atoms with E-state index in [0.717, 1.165) is 18.5 Å². The highest BCUT2D eigenvalue weighted by atomic mass is 35.5. The molecule has 1 aliphatic rings. The number of anilines is 1. The molecule has 0 saturated carbocycles. The second kappa shape index (κ2) is 10.3. The average molecular weight is 449 g/mol. The predicted octanol–water partition coefficient (Wildman–Crippen LogP) is 3.67. The van der Waals surface area contributed by atoms with Crippen molar-refractivity contribution in [2.24, 2.45) is 0 Å². The summed E-state index contributed by atoms with van der Waals surface area (Å²) >= 11 is 11.7. The molecule has 1 saturated heterocycles. The number of carbonyl (C=O) groups is 3. The summed E-state index contributed by atoms with van der Waals surface area (Å²) in [7, 11) is 0. The molecule has 2 aromatic carbocycles. The predicted molar refractivity (Wildman–Crippen MR) is 117 cm³/mol. The van der Waals surface area contributed by atoms with E-state index in [1.807, 2.05) is 17.0 Å². The normalized spacial score (nSPS) is 13.3. The van der Waals surface area contributed by atoms with Crippen LogP contribution in [0.1, 0.15) is 28.8 Å². The van der Waals surface area contributed by atoms with Crippen LogP contribution in [-0.4, -0.2) is 42.4 Å². The standard InChI is InChI=1S/C21H22Cl2N4O3/c22-17-8-5-15(12-18(17)23)20(29)24-9-10-25-21(30)26-16-6-3-14(4-7-16)13-27-11-1-2-19(27)28/h3-8,12H,1-2,9-11,13H2,(H,24,29)(H2,25,26,30). The lowest BCUT2D eigenvalue weighted by atomic mass is 10.2. The van der Waals surface area contributed by atoms with Crippen LogP contribution >= 0.6 is 23.2 Å². The van der Waals surface area contributed by atoms with Crippen LogP contribution in [0, 0.1) is 0 Å². The lowest BCUT2D eigenvalue weighted by Gasteiger charge is -2.15. The zero-order valence-corrected chi connectivity index (χ0v) is 17.7. The van der Waals surface area contributed by atoms with Crippen molar-refractivity contribution in [2.75, 3.05) is 25.0 Å². The molecule has 7 nitrogen and oxygen atoms in total. The van der Waals surface area contributed by atoms with E-state index in [-0.39, 0.29) is 30.9 Å². The summed E-state index contributed by atoms with van der Waals surface area (Å²) < 4.78 is 0. The number of nitrogens with zero attached hydrogens (tertiary/aromatic N) is 1. The largest absolute Gasteiger partial charge is 0.350 e. The van der Waals surface area contributed by atoms with E-state index in [1.54, 1.807) is 24.3 Å². The first kappa shape index (κ1) is 21.9. The summed E-state index contributed by atoms with van der Waals surface area (Å²) in [5, 5.41) is 8.78. The van der Waals surface area contributed by atoms with Gasteiger partial charge >= 0.3 is 6.03 Å². The zero-order valence-electron chi connectivity index (χ0n) is 16.2. The van der Waals surface area contributed by atoms with Crippen molar-refractivity contribution < 1.29 is 14.4 Å². The lowest BCUT2D eigenvalue weighted by Crippen LogP contribution is -2.36. The number of hydrogen-bond donors (Lipinski definition) is 3. The van der Waals surface area contributed by atoms with E-state index in [0.29, 0.717) is 34.3 Å². The van der Waals surface area contributed by atoms with Gasteiger partial charge in [-0.1, -0.05) is 35.3 Å². The van der Waals surface area contributed by atoms with Crippen LogP contribution in [0.2, 0.25) is 10.0 Å². The fraction of sp³-hybridized carbons (Fsp3) is 0.286. The number of carbonyl (C=O) groups excluding carboxylic acids is 3. The van der Waals surface area contributed by atoms with Gasteiger partial charge in [-0.25, -0.2) is 4.79 Å². The molecule has 1 fully saturated rings. The average Bonchev–Trinajstić information content (AvgIpc) is 3.13. The van der Waals surface area contributed by atoms with Gasteiger partial charge < -0.3 is 20.9 Å². The van der Waals surface area contributed by atoms with Crippen molar-refractivity contribution in [3.05, 3.63) is 63.6 Å². The molecule has 0 bridgehead atoms. The van der Waals surface area contributed by atoms with Crippen LogP contribution in [0.3, 0.4) is 0 Å². The van der Waals surface area contributed by atoms with Crippen molar-refractivity contribution >= 4 is 46.7 Å². The maximum absolute atomic E-state index is 12.1. The van der Waals surface area contributed by atoms with Crippen LogP contribution < -0.4 is 16.0 Å². The summed E-state index contributed by atoms with van der Waals surface area (Å²) in [4.78, 5) is 37.6. The van der Waals surface area contributed by atoms with Crippen LogP contribution in [0.15, 0.2) is 42.5 Å². The Labute approximate surface area is 184 Å². The highest BCUT2D eigenvalue weighted by Gasteiger charge is 2.19. The van der Waals surface area contributed by atoms with Crippen molar-refractivity contribution in [1.82, 2.24) is 15.5 Å². The quantitative estimate of drug-likeness (QED) is 0.564. The minimum Gasteiger partial charge on any atom is -0.350 e. The summed E-state index contributed by atoms with van der Waals surface area (Å²) in [6.07, 6.45) is 1.53. The molecule has 0 aromatic heterocycles. The van der Waals surface area contributed by atoms with Crippen LogP contribution in [0.4, 0.5) is 10.5 Å². The summed E-state index contributed by atoms with van der Waals surface area (Å²) in [5.41, 5.74) is 2.05. The Morgan fingerprint density at radius 3 is 2.37 bits per heavy atom. The third-order valence-corrected chi connectivity index (χ3v) is 5.37. The van der Waals surface area contributed by atoms with Gasteiger partial charge in [-0.15, -0.1) is 0 Å². The Kier molecular flexibility index (Phi) is 7.54. The maximum atomic E-state index is 12.1. The molecule has 0 atom stereocenters. The zero-order chi connectivity index (χ0) is 21.5. The number of benzene rings is 2. The van der Waals surface area contributed by atoms with Gasteiger partial charge in [0.25, 0.3) is 5.91 Å². The molecule has 0 unspecified atom stereocenters. The highest BCUT2D eigenvalue weighted by molar-refractivity contribution is 6.42. The lowest BCUT2D eigenvalue weighted by molar-refractivity contribution is -0.128. The van der Waals surface area contributed by atoms with Gasteiger partial charge in [-0.3, -0.25) is 9.59 Å². The molecular weight excluding hydrogens is 427 g/mol. The summed E-state index contributed by atoms with van der Waals surface area (Å²) in [5.74, 6) is -0.120. The van der Waals surface area contributed by atoms with Crippen molar-refractivity contribution in [1.29, 1.82) is 0 Å². The van der Waals surface area contributed by atoms with E-state index in [2.05, 4.69) is 16.0 Å². The number of amides is 4. The number of likely N-dealkylation sites (tertiary alicyclic amines) is 1. The first-order valence-electron chi connectivity index (χ1n) is 9.57. The van der Waals surface area contributed by atoms with Gasteiger partial charge in [0.15, 0.2) is 0 Å². The van der Waals surface area contributed by atoms with Crippen LogP contribution in [-0.2, 0) is 11.3 Å². The molecule has 3 rings (SSSR count). The van der Waals surface area contributed by atoms with Crippen molar-refractivity contribution in [3.8, 4) is 0 Å². The first-order valence-corrected chi connectivity index (χ1v) is 10.3. The Morgan fingerprint density at radius 1 is 0.967 bits per heavy atom. The van der Waals surface area contributed by atoms with E-state index < -0.39 is 0 Å². The highest BCUT2D eigenvalue weighted by Crippen LogP contribution is 2.22. The van der Waals surface area contributed by atoms with E-state index >= 15 is 0 Å². The van der Waals surface area contributed by atoms with E-state index in [9.17, 15) is 14.4 Å². The minimum atomic E-state index is -0.374. The fourth-order valence-corrected chi connectivity index (χ4v) is 3.35. The van der Waals surface area contributed by atoms with Gasteiger partial charge in [-0.2, -0.15) is 0 Å². The third-order valence-electron chi connectivity index (χ3n) is 4.63. The number of hydrogen-bond acceptors (Lipinski definition) is 3. The van der Waals surface area contributed by atoms with Crippen LogP contribution in [0.5, 0.6) is 0 Å². The molecule has 1 aliphatic heterocycles. The second-order valence-corrected chi connectivity index (χ2v) is 7.70. The Hall–Kier alpha value is -2.77. The smallest absolute Gasteiger partial charge is 0.319 e. The monoisotopic (exact) mass is 448 g/mol. The van der Waals surface area contributed by atoms with Gasteiger partial charge in [0.05, 0.1) is 10.0 Å². The minimum absolute atomic E-state index is 0.183. The Bertz CT molecular complexity index is 934. The van der Waals surface area contributed by atoms with Crippen LogP contribution in [0.25, 0.3) is 0 Å². The molecule has 4 amide bonds.